The largest absolute Gasteiger partial charge is 0.509 e. The molecule has 1 unspecified atom stereocenters. The summed E-state index contributed by atoms with van der Waals surface area (Å²) in [6.45, 7) is 18.8. The van der Waals surface area contributed by atoms with Gasteiger partial charge in [-0.25, -0.2) is 9.59 Å². The normalized spacial score (nSPS) is 38.3. The van der Waals surface area contributed by atoms with E-state index in [4.69, 9.17) is 52.1 Å². The van der Waals surface area contributed by atoms with E-state index in [9.17, 15) is 24.6 Å². The molecule has 0 aliphatic carbocycles. The number of nitrogens with zero attached hydrogens (tertiary/aromatic N) is 2. The molecule has 3 fully saturated rings. The maximum Gasteiger partial charge on any atom is 0.509 e. The van der Waals surface area contributed by atoms with Crippen molar-refractivity contribution in [1.82, 2.24) is 9.80 Å². The molecule has 18 atom stereocenters. The van der Waals surface area contributed by atoms with Gasteiger partial charge in [0.15, 0.2) is 18.7 Å². The van der Waals surface area contributed by atoms with Crippen LogP contribution in [0, 0.1) is 17.8 Å². The van der Waals surface area contributed by atoms with Crippen LogP contribution in [-0.2, 0) is 70.1 Å². The molecule has 0 bridgehead atoms. The number of esters is 1. The van der Waals surface area contributed by atoms with Crippen LogP contribution in [0.1, 0.15) is 106 Å². The zero-order chi connectivity index (χ0) is 54.0. The number of amides is 1. The van der Waals surface area contributed by atoms with Crippen LogP contribution in [0.15, 0.2) is 60.7 Å². The predicted molar refractivity (Wildman–Crippen MR) is 270 cm³/mol. The van der Waals surface area contributed by atoms with Crippen LogP contribution < -0.4 is 0 Å². The van der Waals surface area contributed by atoms with Crippen molar-refractivity contribution in [1.29, 1.82) is 0 Å². The third-order valence-electron chi connectivity index (χ3n) is 15.6. The molecule has 3 heterocycles. The number of ether oxygens (including phenoxy) is 11. The highest BCUT2D eigenvalue weighted by Gasteiger charge is 2.54. The molecule has 3 aliphatic rings. The van der Waals surface area contributed by atoms with Gasteiger partial charge in [0.2, 0.25) is 0 Å². The van der Waals surface area contributed by atoms with Crippen molar-refractivity contribution < 1.29 is 76.7 Å². The number of aliphatic hydroxyl groups is 2. The molecule has 73 heavy (non-hydrogen) atoms. The third kappa shape index (κ3) is 14.7. The monoisotopic (exact) mass is 1030 g/mol. The average molecular weight is 1030 g/mol. The van der Waals surface area contributed by atoms with E-state index < -0.39 is 114 Å². The number of carbonyl (C=O) groups excluding carboxylic acids is 3. The molecule has 2 N–H and O–H groups in total. The number of likely N-dealkylation sites (N-methyl/N-ethyl adjacent to an activating group) is 2. The van der Waals surface area contributed by atoms with Gasteiger partial charge in [-0.2, -0.15) is 0 Å². The fraction of sp³-hybridized carbons (Fsp3) is 0.727. The van der Waals surface area contributed by atoms with E-state index in [0.29, 0.717) is 13.0 Å². The highest BCUT2D eigenvalue weighted by Crippen LogP contribution is 2.42. The van der Waals surface area contributed by atoms with Crippen molar-refractivity contribution in [2.24, 2.45) is 17.8 Å². The maximum atomic E-state index is 14.8. The molecule has 18 heteroatoms. The topological polar surface area (TPSA) is 200 Å². The van der Waals surface area contributed by atoms with Gasteiger partial charge in [0.1, 0.15) is 37.1 Å². The summed E-state index contributed by atoms with van der Waals surface area (Å²) < 4.78 is 69.8. The molecule has 2 aromatic carbocycles. The fourth-order valence-electron chi connectivity index (χ4n) is 11.1. The summed E-state index contributed by atoms with van der Waals surface area (Å²) >= 11 is 0. The number of methoxy groups -OCH3 is 3. The second-order valence-corrected chi connectivity index (χ2v) is 21.3. The van der Waals surface area contributed by atoms with Crippen molar-refractivity contribution in [3.63, 3.8) is 0 Å². The average Bonchev–Trinajstić information content (AvgIpc) is 3.36. The summed E-state index contributed by atoms with van der Waals surface area (Å²) in [5.74, 6) is -2.62. The second kappa shape index (κ2) is 26.2. The number of benzene rings is 2. The van der Waals surface area contributed by atoms with Gasteiger partial charge in [-0.15, -0.1) is 0 Å². The molecule has 1 amide bonds. The molecule has 0 saturated carbocycles. The standard InChI is InChI=1S/C55H86N2O16/c1-16-42-55(10,62)48(63-13)37(6)56(11)30-33(2)28-54(9,65-15)47(35(4)44(36(5)49(59)70-42)71-43-29-53(8,64-14)46(58)38(7)69-43)73-50-45(72-52(61)67-32-40-25-21-18-22-26-40)41(27-34(3)68-50)57(12)51(60)66-31-39-23-19-17-20-24-39/h17-26,33-38,41-48,50,58,62H,16,27-32H2,1-15H3/t33-,34-,35+,36-,37-,38+,41+,42?,43+,44+,45-,46+,47-,48-,50+,53-,54-,55+/m1/s1. The minimum absolute atomic E-state index is 0.00193. The lowest BCUT2D eigenvalue weighted by atomic mass is 9.77. The summed E-state index contributed by atoms with van der Waals surface area (Å²) in [6.07, 6.45) is -10.6. The van der Waals surface area contributed by atoms with Gasteiger partial charge in [0.25, 0.3) is 0 Å². The number of rotatable bonds is 14. The van der Waals surface area contributed by atoms with Crippen molar-refractivity contribution in [2.75, 3.05) is 42.0 Å². The van der Waals surface area contributed by atoms with E-state index in [1.54, 1.807) is 41.9 Å². The van der Waals surface area contributed by atoms with Gasteiger partial charge in [0, 0.05) is 53.3 Å². The Hall–Kier alpha value is -3.95. The highest BCUT2D eigenvalue weighted by molar-refractivity contribution is 5.73. The smallest absolute Gasteiger partial charge is 0.459 e. The van der Waals surface area contributed by atoms with E-state index in [0.717, 1.165) is 11.1 Å². The SMILES string of the molecule is CCC1OC(=O)[C@H](C)[C@@H](O[C@H]2C[C@@](C)(OC)[C@@H](O)[C@H](C)O2)[C@H](C)[C@@H](O[C@@H]2O[C@H](C)C[C@H](N(C)C(=O)OCc3ccccc3)[C@H]2OC(=O)OCc2ccccc2)[C@](C)(OC)C[C@@H](C)CN(C)[C@H](C)[C@@H](OC)[C@@]1(C)O. The quantitative estimate of drug-likeness (QED) is 0.141. The Morgan fingerprint density at radius 3 is 1.96 bits per heavy atom. The summed E-state index contributed by atoms with van der Waals surface area (Å²) in [5.41, 5.74) is -2.40. The van der Waals surface area contributed by atoms with Crippen molar-refractivity contribution >= 4 is 18.2 Å². The molecular weight excluding hydrogens is 945 g/mol. The molecule has 18 nitrogen and oxygen atoms in total. The van der Waals surface area contributed by atoms with Crippen molar-refractivity contribution in [3.8, 4) is 0 Å². The minimum Gasteiger partial charge on any atom is -0.459 e. The Morgan fingerprint density at radius 2 is 1.40 bits per heavy atom. The van der Waals surface area contributed by atoms with Crippen molar-refractivity contribution in [2.45, 2.75) is 198 Å². The zero-order valence-corrected chi connectivity index (χ0v) is 45.9. The Morgan fingerprint density at radius 1 is 0.808 bits per heavy atom. The molecular formula is C55H86N2O16. The molecule has 0 aromatic heterocycles. The molecule has 2 aromatic rings. The Kier molecular flexibility index (Phi) is 21.5. The van der Waals surface area contributed by atoms with Crippen LogP contribution in [0.25, 0.3) is 0 Å². The van der Waals surface area contributed by atoms with Gasteiger partial charge >= 0.3 is 18.2 Å². The fourth-order valence-corrected chi connectivity index (χ4v) is 11.1. The first kappa shape index (κ1) is 59.9. The van der Waals surface area contributed by atoms with E-state index in [1.807, 2.05) is 102 Å². The van der Waals surface area contributed by atoms with Crippen LogP contribution in [0.4, 0.5) is 9.59 Å². The maximum absolute atomic E-state index is 14.8. The van der Waals surface area contributed by atoms with Crippen LogP contribution in [0.2, 0.25) is 0 Å². The highest BCUT2D eigenvalue weighted by atomic mass is 16.8. The van der Waals surface area contributed by atoms with E-state index in [-0.39, 0.29) is 44.4 Å². The van der Waals surface area contributed by atoms with Gasteiger partial charge in [-0.05, 0) is 91.8 Å². The van der Waals surface area contributed by atoms with E-state index in [1.165, 1.54) is 19.1 Å². The molecule has 0 spiro atoms. The first-order chi connectivity index (χ1) is 34.4. The predicted octanol–water partition coefficient (Wildman–Crippen LogP) is 7.28. The number of aliphatic hydroxyl groups excluding tert-OH is 1. The van der Waals surface area contributed by atoms with Crippen LogP contribution in [0.5, 0.6) is 0 Å². The lowest BCUT2D eigenvalue weighted by Crippen LogP contribution is -2.62. The summed E-state index contributed by atoms with van der Waals surface area (Å²) in [6, 6.07) is 17.2. The summed E-state index contributed by atoms with van der Waals surface area (Å²) in [5, 5.41) is 23.5. The van der Waals surface area contributed by atoms with Crippen LogP contribution in [0.3, 0.4) is 0 Å². The third-order valence-corrected chi connectivity index (χ3v) is 15.6. The van der Waals surface area contributed by atoms with Crippen molar-refractivity contribution in [3.05, 3.63) is 71.8 Å². The lowest BCUT2D eigenvalue weighted by Gasteiger charge is -2.50. The molecule has 3 saturated heterocycles. The Bertz CT molecular complexity index is 2030. The van der Waals surface area contributed by atoms with E-state index in [2.05, 4.69) is 11.8 Å². The first-order valence-corrected chi connectivity index (χ1v) is 25.8. The van der Waals surface area contributed by atoms with Gasteiger partial charge < -0.3 is 72.1 Å². The molecule has 3 aliphatic heterocycles. The minimum atomic E-state index is -1.63. The van der Waals surface area contributed by atoms with Crippen LogP contribution in [-0.4, -0.2) is 170 Å². The second-order valence-electron chi connectivity index (χ2n) is 21.3. The molecule has 0 radical (unpaired) electrons. The Balaban J connectivity index is 1.64. The summed E-state index contributed by atoms with van der Waals surface area (Å²) in [4.78, 5) is 46.2. The summed E-state index contributed by atoms with van der Waals surface area (Å²) in [7, 11) is 8.16. The van der Waals surface area contributed by atoms with Gasteiger partial charge in [0.05, 0.1) is 47.6 Å². The number of cyclic esters (lactones) is 1. The Labute approximate surface area is 433 Å². The van der Waals surface area contributed by atoms with E-state index >= 15 is 0 Å². The van der Waals surface area contributed by atoms with Gasteiger partial charge in [-0.3, -0.25) is 4.79 Å². The number of hydrogen-bond donors (Lipinski definition) is 2. The lowest BCUT2D eigenvalue weighted by molar-refractivity contribution is -0.319. The van der Waals surface area contributed by atoms with Gasteiger partial charge in [-0.1, -0.05) is 81.4 Å². The number of carbonyl (C=O) groups is 3. The molecule has 5 rings (SSSR count). The first-order valence-electron chi connectivity index (χ1n) is 25.8. The zero-order valence-electron chi connectivity index (χ0n) is 45.9. The number of hydrogen-bond acceptors (Lipinski definition) is 17. The van der Waals surface area contributed by atoms with Crippen LogP contribution >= 0.6 is 0 Å². The molecule has 412 valence electrons.